The van der Waals surface area contributed by atoms with Gasteiger partial charge in [0.2, 0.25) is 0 Å². The summed E-state index contributed by atoms with van der Waals surface area (Å²) in [7, 11) is -1.13. The van der Waals surface area contributed by atoms with E-state index in [1.165, 1.54) is 24.0 Å². The predicted octanol–water partition coefficient (Wildman–Crippen LogP) is 4.85. The summed E-state index contributed by atoms with van der Waals surface area (Å²) in [6, 6.07) is 19.4. The van der Waals surface area contributed by atoms with Crippen molar-refractivity contribution in [3.8, 4) is 16.9 Å². The Morgan fingerprint density at radius 2 is 1.63 bits per heavy atom. The van der Waals surface area contributed by atoms with Crippen molar-refractivity contribution in [2.75, 3.05) is 19.8 Å². The van der Waals surface area contributed by atoms with Crippen LogP contribution < -0.4 is 4.74 Å². The maximum absolute atomic E-state index is 13.2. The van der Waals surface area contributed by atoms with Crippen molar-refractivity contribution >= 4 is 9.84 Å². The minimum absolute atomic E-state index is 0.114. The van der Waals surface area contributed by atoms with Crippen LogP contribution in [-0.2, 0) is 16.4 Å². The van der Waals surface area contributed by atoms with Crippen molar-refractivity contribution < 1.29 is 17.5 Å². The van der Waals surface area contributed by atoms with Gasteiger partial charge in [-0.3, -0.25) is 0 Å². The second-order valence-electron chi connectivity index (χ2n) is 7.80. The van der Waals surface area contributed by atoms with Gasteiger partial charge in [-0.15, -0.1) is 0 Å². The molecular weight excluding hydrogens is 401 g/mol. The van der Waals surface area contributed by atoms with E-state index in [2.05, 4.69) is 24.1 Å². The molecule has 0 radical (unpaired) electrons. The molecule has 0 aliphatic carbocycles. The van der Waals surface area contributed by atoms with Gasteiger partial charge in [0.15, 0.2) is 9.84 Å². The van der Waals surface area contributed by atoms with Gasteiger partial charge in [0, 0.05) is 25.8 Å². The van der Waals surface area contributed by atoms with Crippen molar-refractivity contribution in [3.05, 3.63) is 83.7 Å². The van der Waals surface area contributed by atoms with Gasteiger partial charge in [-0.05, 0) is 71.8 Å². The fraction of sp³-hybridized carbons (Fsp3) is 0.250. The number of halogens is 1. The summed E-state index contributed by atoms with van der Waals surface area (Å²) in [5.41, 5.74) is 4.30. The SMILES string of the molecule is CN1CCC(Oc2ccc(F)cc2)c2ccc(-c3ccc(S(C)(=O)=O)cc3)cc2C1. The number of fused-ring (bicyclic) bond motifs is 1. The lowest BCUT2D eigenvalue weighted by atomic mass is 9.96. The summed E-state index contributed by atoms with van der Waals surface area (Å²) in [4.78, 5) is 2.57. The van der Waals surface area contributed by atoms with E-state index in [0.29, 0.717) is 10.6 Å². The lowest BCUT2D eigenvalue weighted by Crippen LogP contribution is -2.18. The van der Waals surface area contributed by atoms with Gasteiger partial charge in [0.1, 0.15) is 17.7 Å². The Kier molecular flexibility index (Phi) is 5.62. The molecule has 3 aromatic carbocycles. The zero-order chi connectivity index (χ0) is 21.3. The van der Waals surface area contributed by atoms with Crippen LogP contribution in [-0.4, -0.2) is 33.2 Å². The predicted molar refractivity (Wildman–Crippen MR) is 116 cm³/mol. The Balaban J connectivity index is 1.66. The van der Waals surface area contributed by atoms with Crippen molar-refractivity contribution in [3.63, 3.8) is 0 Å². The molecule has 0 aromatic heterocycles. The van der Waals surface area contributed by atoms with E-state index < -0.39 is 9.84 Å². The molecule has 0 saturated heterocycles. The van der Waals surface area contributed by atoms with Gasteiger partial charge in [0.05, 0.1) is 4.90 Å². The van der Waals surface area contributed by atoms with Gasteiger partial charge < -0.3 is 9.64 Å². The first-order valence-electron chi connectivity index (χ1n) is 9.84. The first-order chi connectivity index (χ1) is 14.3. The summed E-state index contributed by atoms with van der Waals surface area (Å²) in [5, 5.41) is 0. The monoisotopic (exact) mass is 425 g/mol. The highest BCUT2D eigenvalue weighted by Gasteiger charge is 2.23. The normalized spacial score (nSPS) is 17.2. The lowest BCUT2D eigenvalue weighted by molar-refractivity contribution is 0.182. The molecule has 0 N–H and O–H groups in total. The Morgan fingerprint density at radius 1 is 0.967 bits per heavy atom. The van der Waals surface area contributed by atoms with Gasteiger partial charge in [-0.25, -0.2) is 12.8 Å². The highest BCUT2D eigenvalue weighted by Crippen LogP contribution is 2.34. The third-order valence-corrected chi connectivity index (χ3v) is 6.54. The summed E-state index contributed by atoms with van der Waals surface area (Å²) in [5.74, 6) is 0.368. The number of hydrogen-bond donors (Lipinski definition) is 0. The van der Waals surface area contributed by atoms with Crippen LogP contribution in [0.15, 0.2) is 71.6 Å². The van der Waals surface area contributed by atoms with Crippen LogP contribution in [0, 0.1) is 5.82 Å². The van der Waals surface area contributed by atoms with Gasteiger partial charge in [0.25, 0.3) is 0 Å². The van der Waals surface area contributed by atoms with Crippen LogP contribution in [0.4, 0.5) is 4.39 Å². The van der Waals surface area contributed by atoms with E-state index in [1.54, 1.807) is 24.3 Å². The van der Waals surface area contributed by atoms with Gasteiger partial charge in [-0.1, -0.05) is 24.3 Å². The molecule has 30 heavy (non-hydrogen) atoms. The van der Waals surface area contributed by atoms with Crippen LogP contribution in [0.1, 0.15) is 23.7 Å². The molecular formula is C24H24FNO3S. The topological polar surface area (TPSA) is 46.6 Å². The maximum atomic E-state index is 13.2. The van der Waals surface area contributed by atoms with E-state index in [1.807, 2.05) is 18.2 Å². The third kappa shape index (κ3) is 4.55. The second kappa shape index (κ2) is 8.20. The Hall–Kier alpha value is -2.70. The molecule has 0 saturated carbocycles. The molecule has 4 nitrogen and oxygen atoms in total. The number of hydrogen-bond acceptors (Lipinski definition) is 4. The number of rotatable bonds is 4. The smallest absolute Gasteiger partial charge is 0.175 e. The molecule has 1 aliphatic heterocycles. The van der Waals surface area contributed by atoms with Crippen molar-refractivity contribution in [2.45, 2.75) is 24.0 Å². The van der Waals surface area contributed by atoms with E-state index >= 15 is 0 Å². The van der Waals surface area contributed by atoms with Crippen molar-refractivity contribution in [1.29, 1.82) is 0 Å². The molecule has 4 rings (SSSR count). The van der Waals surface area contributed by atoms with E-state index in [9.17, 15) is 12.8 Å². The van der Waals surface area contributed by atoms with Crippen LogP contribution in [0.5, 0.6) is 5.75 Å². The van der Waals surface area contributed by atoms with E-state index in [4.69, 9.17) is 4.74 Å². The summed E-state index contributed by atoms with van der Waals surface area (Å²) < 4.78 is 42.8. The molecule has 0 fully saturated rings. The molecule has 156 valence electrons. The van der Waals surface area contributed by atoms with Crippen LogP contribution in [0.3, 0.4) is 0 Å². The van der Waals surface area contributed by atoms with Gasteiger partial charge in [-0.2, -0.15) is 0 Å². The Morgan fingerprint density at radius 3 is 2.30 bits per heavy atom. The standard InChI is InChI=1S/C24H24FNO3S/c1-26-14-13-24(29-21-8-6-20(25)7-9-21)23-12-5-18(15-19(23)16-26)17-3-10-22(11-4-17)30(2,27)28/h3-12,15,24H,13-14,16H2,1-2H3. The molecule has 1 heterocycles. The number of nitrogens with zero attached hydrogens (tertiary/aromatic N) is 1. The van der Waals surface area contributed by atoms with Crippen LogP contribution in [0.2, 0.25) is 0 Å². The minimum Gasteiger partial charge on any atom is -0.486 e. The largest absolute Gasteiger partial charge is 0.486 e. The van der Waals surface area contributed by atoms with Crippen molar-refractivity contribution in [1.82, 2.24) is 4.90 Å². The highest BCUT2D eigenvalue weighted by molar-refractivity contribution is 7.90. The summed E-state index contributed by atoms with van der Waals surface area (Å²) in [6.07, 6.45) is 1.93. The van der Waals surface area contributed by atoms with Crippen molar-refractivity contribution in [2.24, 2.45) is 0 Å². The minimum atomic E-state index is -3.21. The maximum Gasteiger partial charge on any atom is 0.175 e. The molecule has 1 aliphatic rings. The molecule has 1 unspecified atom stereocenters. The number of benzene rings is 3. The first kappa shape index (κ1) is 20.6. The van der Waals surface area contributed by atoms with Gasteiger partial charge >= 0.3 is 0 Å². The summed E-state index contributed by atoms with van der Waals surface area (Å²) in [6.45, 7) is 1.69. The molecule has 0 amide bonds. The lowest BCUT2D eigenvalue weighted by Gasteiger charge is -2.20. The number of ether oxygens (including phenoxy) is 1. The molecule has 6 heteroatoms. The zero-order valence-corrected chi connectivity index (χ0v) is 17.8. The summed E-state index contributed by atoms with van der Waals surface area (Å²) >= 11 is 0. The Bertz CT molecular complexity index is 1140. The first-order valence-corrected chi connectivity index (χ1v) is 11.7. The molecule has 0 bridgehead atoms. The van der Waals surface area contributed by atoms with Crippen LogP contribution in [0.25, 0.3) is 11.1 Å². The highest BCUT2D eigenvalue weighted by atomic mass is 32.2. The van der Waals surface area contributed by atoms with E-state index in [-0.39, 0.29) is 11.9 Å². The van der Waals surface area contributed by atoms with Crippen LogP contribution >= 0.6 is 0 Å². The molecule has 0 spiro atoms. The fourth-order valence-corrected chi connectivity index (χ4v) is 4.42. The Labute approximate surface area is 176 Å². The van der Waals surface area contributed by atoms with E-state index in [0.717, 1.165) is 36.2 Å². The fourth-order valence-electron chi connectivity index (χ4n) is 3.79. The number of sulfone groups is 1. The third-order valence-electron chi connectivity index (χ3n) is 5.41. The average molecular weight is 426 g/mol. The average Bonchev–Trinajstić information content (AvgIpc) is 2.87. The second-order valence-corrected chi connectivity index (χ2v) is 9.81. The molecule has 3 aromatic rings. The molecule has 1 atom stereocenters. The quantitative estimate of drug-likeness (QED) is 0.599. The zero-order valence-electron chi connectivity index (χ0n) is 17.0.